The first kappa shape index (κ1) is 15.4. The Labute approximate surface area is 139 Å². The molecule has 2 aromatic rings. The number of amides is 1. The van der Waals surface area contributed by atoms with Crippen molar-refractivity contribution in [2.45, 2.75) is 18.9 Å². The molecule has 3 rings (SSSR count). The van der Waals surface area contributed by atoms with E-state index in [-0.39, 0.29) is 5.76 Å². The molecule has 1 aliphatic heterocycles. The van der Waals surface area contributed by atoms with Crippen LogP contribution in [-0.4, -0.2) is 34.0 Å². The van der Waals surface area contributed by atoms with Gasteiger partial charge >= 0.3 is 5.97 Å². The molecule has 0 radical (unpaired) electrons. The number of halogens is 1. The molecule has 1 atom stereocenters. The lowest BCUT2D eigenvalue weighted by Crippen LogP contribution is -2.54. The Morgan fingerprint density at radius 2 is 2.18 bits per heavy atom. The van der Waals surface area contributed by atoms with Gasteiger partial charge in [0.2, 0.25) is 0 Å². The minimum atomic E-state index is -1.20. The molecule has 1 amide bonds. The average Bonchev–Trinajstić information content (AvgIpc) is 3.05. The number of carbonyl (C=O) groups is 2. The Morgan fingerprint density at radius 1 is 1.41 bits per heavy atom. The number of carboxylic acid groups (broad SMARTS) is 1. The minimum Gasteiger partial charge on any atom is -0.479 e. The van der Waals surface area contributed by atoms with Crippen molar-refractivity contribution in [2.24, 2.45) is 0 Å². The van der Waals surface area contributed by atoms with Crippen LogP contribution < -0.4 is 5.32 Å². The van der Waals surface area contributed by atoms with E-state index in [1.54, 1.807) is 6.07 Å². The van der Waals surface area contributed by atoms with Crippen LogP contribution in [0.2, 0.25) is 0 Å². The lowest BCUT2D eigenvalue weighted by atomic mass is 9.99. The molecule has 0 spiro atoms. The number of hydrogen-bond donors (Lipinski definition) is 2. The number of hydrogen-bond acceptors (Lipinski definition) is 4. The molecule has 1 aromatic carbocycles. The zero-order chi connectivity index (χ0) is 15.9. The number of carbonyl (C=O) groups excluding carboxylic acids is 1. The summed E-state index contributed by atoms with van der Waals surface area (Å²) in [5, 5.41) is 12.9. The fourth-order valence-corrected chi connectivity index (χ4v) is 4.48. The normalized spacial score (nSPS) is 21.2. The summed E-state index contributed by atoms with van der Waals surface area (Å²) in [6.07, 6.45) is 0.420. The van der Waals surface area contributed by atoms with Gasteiger partial charge in [0.1, 0.15) is 11.1 Å². The van der Waals surface area contributed by atoms with Crippen LogP contribution in [0.25, 0.3) is 11.0 Å². The number of fused-ring (bicyclic) bond motifs is 1. The van der Waals surface area contributed by atoms with E-state index in [1.807, 2.05) is 19.1 Å². The largest absolute Gasteiger partial charge is 0.479 e. The van der Waals surface area contributed by atoms with Crippen molar-refractivity contribution < 1.29 is 19.1 Å². The van der Waals surface area contributed by atoms with Gasteiger partial charge in [-0.05, 0) is 42.9 Å². The maximum Gasteiger partial charge on any atom is 0.330 e. The van der Waals surface area contributed by atoms with Crippen molar-refractivity contribution in [2.75, 3.05) is 11.5 Å². The Bertz CT molecular complexity index is 764. The van der Waals surface area contributed by atoms with Gasteiger partial charge in [-0.2, -0.15) is 11.8 Å². The molecule has 0 aliphatic carbocycles. The van der Waals surface area contributed by atoms with Gasteiger partial charge in [0, 0.05) is 15.6 Å². The maximum absolute atomic E-state index is 12.4. The van der Waals surface area contributed by atoms with Crippen molar-refractivity contribution in [1.29, 1.82) is 0 Å². The van der Waals surface area contributed by atoms with Gasteiger partial charge in [-0.1, -0.05) is 15.9 Å². The van der Waals surface area contributed by atoms with Crippen LogP contribution in [0.1, 0.15) is 22.5 Å². The third-order valence-electron chi connectivity index (χ3n) is 3.77. The van der Waals surface area contributed by atoms with E-state index in [4.69, 9.17) is 4.42 Å². The summed E-state index contributed by atoms with van der Waals surface area (Å²) < 4.78 is 6.52. The molecule has 0 saturated carbocycles. The van der Waals surface area contributed by atoms with E-state index in [0.29, 0.717) is 17.8 Å². The van der Waals surface area contributed by atoms with E-state index >= 15 is 0 Å². The monoisotopic (exact) mass is 383 g/mol. The summed E-state index contributed by atoms with van der Waals surface area (Å²) >= 11 is 4.93. The zero-order valence-electron chi connectivity index (χ0n) is 11.8. The molecule has 5 nitrogen and oxygen atoms in total. The van der Waals surface area contributed by atoms with Crippen molar-refractivity contribution in [3.05, 3.63) is 34.0 Å². The first-order chi connectivity index (χ1) is 10.4. The molecule has 116 valence electrons. The van der Waals surface area contributed by atoms with Crippen molar-refractivity contribution in [3.63, 3.8) is 0 Å². The SMILES string of the molecule is Cc1cc(Br)cc2cc(C(=O)NC3(C(=O)O)CCSC3)oc12. The topological polar surface area (TPSA) is 79.5 Å². The molecule has 2 heterocycles. The Balaban J connectivity index is 1.92. The second kappa shape index (κ2) is 5.62. The predicted octanol–water partition coefficient (Wildman–Crippen LogP) is 3.19. The third kappa shape index (κ3) is 2.63. The lowest BCUT2D eigenvalue weighted by Gasteiger charge is -2.23. The Morgan fingerprint density at radius 3 is 2.82 bits per heavy atom. The van der Waals surface area contributed by atoms with Crippen LogP contribution in [0.15, 0.2) is 27.1 Å². The number of rotatable bonds is 3. The molecule has 1 aromatic heterocycles. The van der Waals surface area contributed by atoms with E-state index < -0.39 is 17.4 Å². The third-order valence-corrected chi connectivity index (χ3v) is 5.42. The van der Waals surface area contributed by atoms with Gasteiger partial charge in [0.05, 0.1) is 0 Å². The summed E-state index contributed by atoms with van der Waals surface area (Å²) in [6.45, 7) is 1.89. The summed E-state index contributed by atoms with van der Waals surface area (Å²) in [6, 6.07) is 5.40. The highest BCUT2D eigenvalue weighted by Gasteiger charge is 2.43. The fraction of sp³-hybridized carbons (Fsp3) is 0.333. The summed E-state index contributed by atoms with van der Waals surface area (Å²) in [5.41, 5.74) is 0.349. The summed E-state index contributed by atoms with van der Waals surface area (Å²) in [5.74, 6) is -0.260. The number of aliphatic carboxylic acids is 1. The van der Waals surface area contributed by atoms with Gasteiger partial charge in [0.25, 0.3) is 5.91 Å². The molecule has 2 N–H and O–H groups in total. The molecule has 1 aliphatic rings. The zero-order valence-corrected chi connectivity index (χ0v) is 14.2. The van der Waals surface area contributed by atoms with Gasteiger partial charge < -0.3 is 14.8 Å². The van der Waals surface area contributed by atoms with E-state index in [1.165, 1.54) is 11.8 Å². The van der Waals surface area contributed by atoms with E-state index in [0.717, 1.165) is 21.2 Å². The summed E-state index contributed by atoms with van der Waals surface area (Å²) in [4.78, 5) is 23.9. The lowest BCUT2D eigenvalue weighted by molar-refractivity contribution is -0.143. The molecule has 1 saturated heterocycles. The van der Waals surface area contributed by atoms with Crippen molar-refractivity contribution in [1.82, 2.24) is 5.32 Å². The van der Waals surface area contributed by atoms with Crippen molar-refractivity contribution in [3.8, 4) is 0 Å². The first-order valence-electron chi connectivity index (χ1n) is 6.75. The second-order valence-electron chi connectivity index (χ2n) is 5.40. The van der Waals surface area contributed by atoms with Crippen LogP contribution in [0.5, 0.6) is 0 Å². The van der Waals surface area contributed by atoms with E-state index in [9.17, 15) is 14.7 Å². The molecule has 22 heavy (non-hydrogen) atoms. The Hall–Kier alpha value is -1.47. The van der Waals surface area contributed by atoms with E-state index in [2.05, 4.69) is 21.2 Å². The minimum absolute atomic E-state index is 0.133. The van der Waals surface area contributed by atoms with Crippen molar-refractivity contribution >= 4 is 50.5 Å². The van der Waals surface area contributed by atoms with Crippen LogP contribution in [0.4, 0.5) is 0 Å². The van der Waals surface area contributed by atoms with Crippen LogP contribution in [0.3, 0.4) is 0 Å². The molecule has 0 bridgehead atoms. The number of thioether (sulfide) groups is 1. The van der Waals surface area contributed by atoms with Gasteiger partial charge in [0.15, 0.2) is 5.76 Å². The predicted molar refractivity (Wildman–Crippen MR) is 88.4 cm³/mol. The van der Waals surface area contributed by atoms with Crippen LogP contribution >= 0.6 is 27.7 Å². The summed E-state index contributed by atoms with van der Waals surface area (Å²) in [7, 11) is 0. The second-order valence-corrected chi connectivity index (χ2v) is 7.42. The number of carboxylic acids is 1. The van der Waals surface area contributed by atoms with Crippen LogP contribution in [0, 0.1) is 6.92 Å². The standard InChI is InChI=1S/C15H14BrNO4S/c1-8-4-10(16)5-9-6-11(21-12(8)9)13(18)17-15(14(19)20)2-3-22-7-15/h4-6H,2-3,7H2,1H3,(H,17,18)(H,19,20). The van der Waals surface area contributed by atoms with Gasteiger partial charge in [-0.25, -0.2) is 4.79 Å². The molecular formula is C15H14BrNO4S. The van der Waals surface area contributed by atoms with Gasteiger partial charge in [-0.3, -0.25) is 4.79 Å². The fourth-order valence-electron chi connectivity index (χ4n) is 2.56. The quantitative estimate of drug-likeness (QED) is 0.850. The molecule has 7 heteroatoms. The highest BCUT2D eigenvalue weighted by molar-refractivity contribution is 9.10. The smallest absolute Gasteiger partial charge is 0.330 e. The number of benzene rings is 1. The average molecular weight is 384 g/mol. The van der Waals surface area contributed by atoms with Crippen LogP contribution in [-0.2, 0) is 4.79 Å². The molecular weight excluding hydrogens is 370 g/mol. The number of furan rings is 1. The maximum atomic E-state index is 12.4. The highest BCUT2D eigenvalue weighted by atomic mass is 79.9. The first-order valence-corrected chi connectivity index (χ1v) is 8.69. The Kier molecular flexibility index (Phi) is 3.94. The molecule has 1 fully saturated rings. The number of aryl methyl sites for hydroxylation is 1. The highest BCUT2D eigenvalue weighted by Crippen LogP contribution is 2.30. The number of nitrogens with one attached hydrogen (secondary N) is 1. The van der Waals surface area contributed by atoms with Gasteiger partial charge in [-0.15, -0.1) is 0 Å². The molecule has 1 unspecified atom stereocenters.